The van der Waals surface area contributed by atoms with Gasteiger partial charge in [0, 0.05) is 75.2 Å². The molecule has 2 fully saturated rings. The Balaban J connectivity index is 0.00000342. The highest BCUT2D eigenvalue weighted by atomic mass is 35.5. The number of hydrogen-bond donors (Lipinski definition) is 1. The van der Waals surface area contributed by atoms with Crippen LogP contribution in [0.4, 0.5) is 24.7 Å². The largest absolute Gasteiger partial charge is 0.417 e. The van der Waals surface area contributed by atoms with Crippen LogP contribution in [-0.4, -0.2) is 72.5 Å². The fourth-order valence-corrected chi connectivity index (χ4v) is 4.55. The fraction of sp³-hybridized carbons (Fsp3) is 0.520. The van der Waals surface area contributed by atoms with E-state index >= 15 is 0 Å². The number of likely N-dealkylation sites (tertiary alicyclic amines) is 1. The average Bonchev–Trinajstić information content (AvgIpc) is 2.84. The van der Waals surface area contributed by atoms with Gasteiger partial charge in [-0.15, -0.1) is 0 Å². The van der Waals surface area contributed by atoms with Crippen LogP contribution >= 0.6 is 11.6 Å². The first-order valence-electron chi connectivity index (χ1n) is 11.6. The highest BCUT2D eigenvalue weighted by molar-refractivity contribution is 6.30. The summed E-state index contributed by atoms with van der Waals surface area (Å²) in [6.45, 7) is 5.71. The number of nitrogens with zero attached hydrogens (tertiary/aromatic N) is 4. The first-order valence-corrected chi connectivity index (χ1v) is 12.0. The standard InChI is InChI=1S/C24H29ClF3N5O.CH4/c25-19-2-4-21(5-3-19)32-15-13-31(14-16-32)10-9-23(34)33-11-7-20(8-12-33)30-22-6-1-18(17-29-22)24(26,27)28;/h1-6,17,20H,7-16H2,(H,29,30);1H4. The molecule has 0 bridgehead atoms. The van der Waals surface area contributed by atoms with E-state index < -0.39 is 11.7 Å². The van der Waals surface area contributed by atoms with E-state index in [4.69, 9.17) is 11.6 Å². The number of halogens is 4. The van der Waals surface area contributed by atoms with Crippen molar-refractivity contribution < 1.29 is 18.0 Å². The van der Waals surface area contributed by atoms with Crippen LogP contribution in [0.2, 0.25) is 5.02 Å². The number of carbonyl (C=O) groups excluding carboxylic acids is 1. The SMILES string of the molecule is C.O=C(CCN1CCN(c2ccc(Cl)cc2)CC1)N1CCC(Nc2ccc(C(F)(F)F)cn2)CC1. The second-order valence-corrected chi connectivity index (χ2v) is 9.22. The Morgan fingerprint density at radius 2 is 1.66 bits per heavy atom. The molecule has 6 nitrogen and oxygen atoms in total. The predicted molar refractivity (Wildman–Crippen MR) is 134 cm³/mol. The molecule has 0 radical (unpaired) electrons. The third-order valence-corrected chi connectivity index (χ3v) is 6.75. The van der Waals surface area contributed by atoms with Crippen molar-refractivity contribution >= 4 is 29.0 Å². The van der Waals surface area contributed by atoms with E-state index in [2.05, 4.69) is 20.1 Å². The van der Waals surface area contributed by atoms with E-state index in [1.165, 1.54) is 11.8 Å². The number of piperazine rings is 1. The lowest BCUT2D eigenvalue weighted by atomic mass is 10.0. The smallest absolute Gasteiger partial charge is 0.369 e. The lowest BCUT2D eigenvalue weighted by Crippen LogP contribution is -2.48. The van der Waals surface area contributed by atoms with Gasteiger partial charge in [0.25, 0.3) is 0 Å². The van der Waals surface area contributed by atoms with E-state index in [1.807, 2.05) is 29.2 Å². The van der Waals surface area contributed by atoms with Crippen molar-refractivity contribution in [3.05, 3.63) is 53.2 Å². The van der Waals surface area contributed by atoms with Crippen molar-refractivity contribution in [1.29, 1.82) is 0 Å². The van der Waals surface area contributed by atoms with Crippen LogP contribution in [-0.2, 0) is 11.0 Å². The number of pyridine rings is 1. The fourth-order valence-electron chi connectivity index (χ4n) is 4.42. The molecule has 0 spiro atoms. The molecule has 35 heavy (non-hydrogen) atoms. The first kappa shape index (κ1) is 27.1. The molecule has 0 saturated carbocycles. The third-order valence-electron chi connectivity index (χ3n) is 6.50. The van der Waals surface area contributed by atoms with Gasteiger partial charge < -0.3 is 15.1 Å². The van der Waals surface area contributed by atoms with Crippen molar-refractivity contribution in [2.75, 3.05) is 56.0 Å². The number of hydrogen-bond acceptors (Lipinski definition) is 5. The summed E-state index contributed by atoms with van der Waals surface area (Å²) in [5.74, 6) is 0.585. The highest BCUT2D eigenvalue weighted by Crippen LogP contribution is 2.29. The molecule has 2 aliphatic rings. The lowest BCUT2D eigenvalue weighted by Gasteiger charge is -2.37. The summed E-state index contributed by atoms with van der Waals surface area (Å²) >= 11 is 5.97. The zero-order chi connectivity index (χ0) is 24.1. The molecule has 0 atom stereocenters. The van der Waals surface area contributed by atoms with E-state index in [9.17, 15) is 18.0 Å². The first-order chi connectivity index (χ1) is 16.3. The number of anilines is 2. The monoisotopic (exact) mass is 511 g/mol. The Labute approximate surface area is 210 Å². The zero-order valence-corrected chi connectivity index (χ0v) is 19.7. The van der Waals surface area contributed by atoms with Crippen LogP contribution in [0.25, 0.3) is 0 Å². The predicted octanol–water partition coefficient (Wildman–Crippen LogP) is 5.01. The summed E-state index contributed by atoms with van der Waals surface area (Å²) in [4.78, 5) is 23.1. The molecule has 2 aliphatic heterocycles. The Kier molecular flexibility index (Phi) is 9.24. The van der Waals surface area contributed by atoms with Crippen LogP contribution in [0.1, 0.15) is 32.3 Å². The molecule has 3 heterocycles. The van der Waals surface area contributed by atoms with Gasteiger partial charge >= 0.3 is 6.18 Å². The van der Waals surface area contributed by atoms with Crippen molar-refractivity contribution in [2.45, 2.75) is 38.9 Å². The molecule has 192 valence electrons. The summed E-state index contributed by atoms with van der Waals surface area (Å²) in [5.41, 5.74) is 0.410. The molecule has 0 aliphatic carbocycles. The second-order valence-electron chi connectivity index (χ2n) is 8.78. The van der Waals surface area contributed by atoms with Crippen LogP contribution < -0.4 is 10.2 Å². The molecule has 2 saturated heterocycles. The minimum absolute atomic E-state index is 0. The summed E-state index contributed by atoms with van der Waals surface area (Å²) in [6.07, 6.45) is -1.56. The number of benzene rings is 1. The molecule has 4 rings (SSSR count). The van der Waals surface area contributed by atoms with Gasteiger partial charge in [-0.1, -0.05) is 19.0 Å². The number of carbonyl (C=O) groups is 1. The Morgan fingerprint density at radius 3 is 2.23 bits per heavy atom. The van der Waals surface area contributed by atoms with Crippen molar-refractivity contribution in [3.8, 4) is 0 Å². The average molecular weight is 512 g/mol. The number of nitrogens with one attached hydrogen (secondary N) is 1. The van der Waals surface area contributed by atoms with Gasteiger partial charge in [-0.2, -0.15) is 13.2 Å². The summed E-state index contributed by atoms with van der Waals surface area (Å²) in [7, 11) is 0. The van der Waals surface area contributed by atoms with Gasteiger partial charge in [-0.25, -0.2) is 4.98 Å². The molecule has 1 amide bonds. The van der Waals surface area contributed by atoms with Gasteiger partial charge in [0.15, 0.2) is 0 Å². The van der Waals surface area contributed by atoms with Gasteiger partial charge in [-0.05, 0) is 49.2 Å². The van der Waals surface area contributed by atoms with Gasteiger partial charge in [-0.3, -0.25) is 9.69 Å². The minimum Gasteiger partial charge on any atom is -0.369 e. The van der Waals surface area contributed by atoms with E-state index in [0.717, 1.165) is 62.9 Å². The van der Waals surface area contributed by atoms with Crippen LogP contribution in [0, 0.1) is 0 Å². The summed E-state index contributed by atoms with van der Waals surface area (Å²) < 4.78 is 38.0. The molecule has 1 aromatic heterocycles. The van der Waals surface area contributed by atoms with Gasteiger partial charge in [0.1, 0.15) is 5.82 Å². The molecule has 10 heteroatoms. The van der Waals surface area contributed by atoms with Crippen molar-refractivity contribution in [3.63, 3.8) is 0 Å². The topological polar surface area (TPSA) is 51.7 Å². The molecular weight excluding hydrogens is 479 g/mol. The normalized spacial score (nSPS) is 17.7. The van der Waals surface area contributed by atoms with Crippen LogP contribution in [0.15, 0.2) is 42.6 Å². The Morgan fingerprint density at radius 1 is 1.00 bits per heavy atom. The maximum atomic E-state index is 12.7. The van der Waals surface area contributed by atoms with Crippen molar-refractivity contribution in [1.82, 2.24) is 14.8 Å². The van der Waals surface area contributed by atoms with E-state index in [-0.39, 0.29) is 19.4 Å². The Bertz CT molecular complexity index is 939. The third kappa shape index (κ3) is 7.48. The zero-order valence-electron chi connectivity index (χ0n) is 18.9. The quantitative estimate of drug-likeness (QED) is 0.591. The Hall–Kier alpha value is -2.52. The molecule has 0 unspecified atom stereocenters. The summed E-state index contributed by atoms with van der Waals surface area (Å²) in [6, 6.07) is 10.4. The number of rotatable bonds is 6. The highest BCUT2D eigenvalue weighted by Gasteiger charge is 2.31. The van der Waals surface area contributed by atoms with Crippen LogP contribution in [0.3, 0.4) is 0 Å². The summed E-state index contributed by atoms with van der Waals surface area (Å²) in [5, 5.41) is 3.92. The van der Waals surface area contributed by atoms with E-state index in [0.29, 0.717) is 25.3 Å². The number of amides is 1. The maximum Gasteiger partial charge on any atom is 0.417 e. The molecular formula is C25H33ClF3N5O. The molecule has 1 N–H and O–H groups in total. The minimum atomic E-state index is -4.39. The maximum absolute atomic E-state index is 12.7. The molecule has 2 aromatic rings. The van der Waals surface area contributed by atoms with E-state index in [1.54, 1.807) is 0 Å². The lowest BCUT2D eigenvalue weighted by molar-refractivity contribution is -0.137. The second kappa shape index (κ2) is 11.9. The van der Waals surface area contributed by atoms with Crippen molar-refractivity contribution in [2.24, 2.45) is 0 Å². The molecule has 1 aromatic carbocycles. The van der Waals surface area contributed by atoms with Crippen LogP contribution in [0.5, 0.6) is 0 Å². The number of alkyl halides is 3. The van der Waals surface area contributed by atoms with Gasteiger partial charge in [0.05, 0.1) is 5.56 Å². The van der Waals surface area contributed by atoms with Gasteiger partial charge in [0.2, 0.25) is 5.91 Å². The number of aromatic nitrogens is 1. The number of piperidine rings is 1.